The summed E-state index contributed by atoms with van der Waals surface area (Å²) in [5.74, 6) is 0. The van der Waals surface area contributed by atoms with Crippen LogP contribution in [0.1, 0.15) is 31.2 Å². The molecule has 2 unspecified atom stereocenters. The summed E-state index contributed by atoms with van der Waals surface area (Å²) in [6, 6.07) is 7.00. The van der Waals surface area contributed by atoms with Gasteiger partial charge in [0.15, 0.2) is 0 Å². The number of aromatic amines is 1. The molecule has 2 aromatic rings. The molecule has 23 heavy (non-hydrogen) atoms. The summed E-state index contributed by atoms with van der Waals surface area (Å²) in [7, 11) is 2.27. The molecular weight excluding hydrogens is 328 g/mol. The molecule has 0 radical (unpaired) electrons. The van der Waals surface area contributed by atoms with Crippen molar-refractivity contribution in [3.05, 3.63) is 39.1 Å². The van der Waals surface area contributed by atoms with Gasteiger partial charge in [0, 0.05) is 33.7 Å². The highest BCUT2D eigenvalue weighted by molar-refractivity contribution is 8.00. The molecule has 1 aromatic carbocycles. The number of fused-ring (bicyclic) bond motifs is 3. The highest BCUT2D eigenvalue weighted by Crippen LogP contribution is 2.44. The van der Waals surface area contributed by atoms with Crippen LogP contribution in [0.5, 0.6) is 0 Å². The second-order valence-electron chi connectivity index (χ2n) is 6.88. The summed E-state index contributed by atoms with van der Waals surface area (Å²) in [4.78, 5) is 18.2. The Labute approximate surface area is 145 Å². The van der Waals surface area contributed by atoms with E-state index in [1.54, 1.807) is 6.07 Å². The molecule has 0 saturated carbocycles. The van der Waals surface area contributed by atoms with Crippen LogP contribution in [0.4, 0.5) is 0 Å². The second kappa shape index (κ2) is 5.83. The molecular formula is C18H21ClN2OS. The monoisotopic (exact) mass is 348 g/mol. The van der Waals surface area contributed by atoms with Gasteiger partial charge in [0.2, 0.25) is 5.56 Å². The van der Waals surface area contributed by atoms with Gasteiger partial charge >= 0.3 is 0 Å². The molecule has 4 rings (SSSR count). The van der Waals surface area contributed by atoms with Crippen molar-refractivity contribution in [2.45, 2.75) is 54.8 Å². The maximum atomic E-state index is 11.6. The number of piperidine rings is 1. The van der Waals surface area contributed by atoms with Gasteiger partial charge in [-0.05, 0) is 57.4 Å². The van der Waals surface area contributed by atoms with E-state index in [0.717, 1.165) is 38.5 Å². The predicted molar refractivity (Wildman–Crippen MR) is 97.8 cm³/mol. The molecule has 2 aliphatic heterocycles. The summed E-state index contributed by atoms with van der Waals surface area (Å²) in [6.45, 7) is 2.04. The molecule has 1 aromatic heterocycles. The van der Waals surface area contributed by atoms with Gasteiger partial charge in [-0.2, -0.15) is 0 Å². The fraction of sp³-hybridized carbons (Fsp3) is 0.500. The highest BCUT2D eigenvalue weighted by Gasteiger charge is 2.38. The fourth-order valence-electron chi connectivity index (χ4n) is 4.16. The van der Waals surface area contributed by atoms with Gasteiger partial charge in [0.25, 0.3) is 0 Å². The van der Waals surface area contributed by atoms with Crippen molar-refractivity contribution in [1.82, 2.24) is 9.88 Å². The minimum atomic E-state index is -0.0797. The van der Waals surface area contributed by atoms with Crippen LogP contribution < -0.4 is 5.56 Å². The van der Waals surface area contributed by atoms with Gasteiger partial charge in [-0.15, -0.1) is 11.8 Å². The van der Waals surface area contributed by atoms with Crippen LogP contribution >= 0.6 is 23.4 Å². The lowest BCUT2D eigenvalue weighted by Gasteiger charge is -2.36. The molecule has 2 bridgehead atoms. The van der Waals surface area contributed by atoms with E-state index in [0.29, 0.717) is 5.25 Å². The van der Waals surface area contributed by atoms with Crippen LogP contribution in [0.15, 0.2) is 27.9 Å². The number of pyridine rings is 1. The van der Waals surface area contributed by atoms with Crippen molar-refractivity contribution in [2.75, 3.05) is 7.05 Å². The highest BCUT2D eigenvalue weighted by atomic mass is 35.5. The van der Waals surface area contributed by atoms with Crippen molar-refractivity contribution in [3.63, 3.8) is 0 Å². The van der Waals surface area contributed by atoms with E-state index >= 15 is 0 Å². The zero-order chi connectivity index (χ0) is 16.1. The fourth-order valence-corrected chi connectivity index (χ4v) is 5.96. The molecule has 2 saturated heterocycles. The molecule has 0 amide bonds. The molecule has 2 atom stereocenters. The lowest BCUT2D eigenvalue weighted by molar-refractivity contribution is 0.183. The maximum absolute atomic E-state index is 11.6. The Morgan fingerprint density at radius 3 is 2.65 bits per heavy atom. The van der Waals surface area contributed by atoms with Crippen molar-refractivity contribution in [1.29, 1.82) is 0 Å². The SMILES string of the molecule is Cc1cc(SC2CC3CCC(C2)N3C)c(Cl)c2ccc(=O)[nH]c12. The van der Waals surface area contributed by atoms with E-state index in [9.17, 15) is 4.79 Å². The first-order valence-electron chi connectivity index (χ1n) is 8.23. The molecule has 2 fully saturated rings. The first-order chi connectivity index (χ1) is 11.0. The van der Waals surface area contributed by atoms with Crippen LogP contribution in [-0.4, -0.2) is 34.3 Å². The van der Waals surface area contributed by atoms with Gasteiger partial charge in [-0.1, -0.05) is 11.6 Å². The zero-order valence-corrected chi connectivity index (χ0v) is 15.0. The lowest BCUT2D eigenvalue weighted by Crippen LogP contribution is -2.40. The van der Waals surface area contributed by atoms with E-state index in [-0.39, 0.29) is 5.56 Å². The summed E-state index contributed by atoms with van der Waals surface area (Å²) in [5.41, 5.74) is 1.86. The smallest absolute Gasteiger partial charge is 0.248 e. The summed E-state index contributed by atoms with van der Waals surface area (Å²) in [5, 5.41) is 2.36. The van der Waals surface area contributed by atoms with Gasteiger partial charge in [-0.3, -0.25) is 4.79 Å². The molecule has 3 heterocycles. The van der Waals surface area contributed by atoms with Gasteiger partial charge < -0.3 is 9.88 Å². The number of thioether (sulfide) groups is 1. The van der Waals surface area contributed by atoms with Gasteiger partial charge in [0.05, 0.1) is 10.5 Å². The van der Waals surface area contributed by atoms with Crippen molar-refractivity contribution in [2.24, 2.45) is 0 Å². The van der Waals surface area contributed by atoms with Crippen molar-refractivity contribution >= 4 is 34.3 Å². The minimum absolute atomic E-state index is 0.0797. The van der Waals surface area contributed by atoms with E-state index in [2.05, 4.69) is 23.0 Å². The van der Waals surface area contributed by atoms with Crippen LogP contribution in [-0.2, 0) is 0 Å². The number of hydrogen-bond donors (Lipinski definition) is 1. The number of halogens is 1. The van der Waals surface area contributed by atoms with Crippen molar-refractivity contribution < 1.29 is 0 Å². The number of nitrogens with zero attached hydrogens (tertiary/aromatic N) is 1. The summed E-state index contributed by atoms with van der Waals surface area (Å²) < 4.78 is 0. The van der Waals surface area contributed by atoms with E-state index in [1.165, 1.54) is 25.7 Å². The van der Waals surface area contributed by atoms with Crippen LogP contribution in [0.2, 0.25) is 5.02 Å². The second-order valence-corrected chi connectivity index (χ2v) is 8.60. The lowest BCUT2D eigenvalue weighted by atomic mass is 10.0. The summed E-state index contributed by atoms with van der Waals surface area (Å²) in [6.07, 6.45) is 5.17. The zero-order valence-electron chi connectivity index (χ0n) is 13.4. The number of aromatic nitrogens is 1. The molecule has 1 N–H and O–H groups in total. The molecule has 122 valence electrons. The topological polar surface area (TPSA) is 36.1 Å². The molecule has 0 aliphatic carbocycles. The normalized spacial score (nSPS) is 27.7. The maximum Gasteiger partial charge on any atom is 0.248 e. The number of benzene rings is 1. The Bertz CT molecular complexity index is 805. The third kappa shape index (κ3) is 2.71. The Hall–Kier alpha value is -0.970. The third-order valence-corrected chi connectivity index (χ3v) is 7.28. The minimum Gasteiger partial charge on any atom is -0.322 e. The molecule has 2 aliphatic rings. The van der Waals surface area contributed by atoms with Gasteiger partial charge in [-0.25, -0.2) is 0 Å². The number of H-pyrrole nitrogens is 1. The Kier molecular flexibility index (Phi) is 3.94. The van der Waals surface area contributed by atoms with Gasteiger partial charge in [0.1, 0.15) is 0 Å². The third-order valence-electron chi connectivity index (χ3n) is 5.46. The quantitative estimate of drug-likeness (QED) is 0.883. The number of nitrogens with one attached hydrogen (secondary N) is 1. The number of aryl methyl sites for hydroxylation is 1. The largest absolute Gasteiger partial charge is 0.322 e. The Balaban J connectivity index is 1.66. The van der Waals surface area contributed by atoms with E-state index in [1.807, 2.05) is 24.8 Å². The molecule has 5 heteroatoms. The first-order valence-corrected chi connectivity index (χ1v) is 9.49. The average Bonchev–Trinajstić information content (AvgIpc) is 2.74. The van der Waals surface area contributed by atoms with Crippen molar-refractivity contribution in [3.8, 4) is 0 Å². The number of hydrogen-bond acceptors (Lipinski definition) is 3. The number of rotatable bonds is 2. The Morgan fingerprint density at radius 2 is 1.96 bits per heavy atom. The van der Waals surface area contributed by atoms with E-state index < -0.39 is 0 Å². The average molecular weight is 349 g/mol. The van der Waals surface area contributed by atoms with E-state index in [4.69, 9.17) is 11.6 Å². The Morgan fingerprint density at radius 1 is 1.26 bits per heavy atom. The predicted octanol–water partition coefficient (Wildman–Crippen LogP) is 4.21. The van der Waals surface area contributed by atoms with Crippen LogP contribution in [0.25, 0.3) is 10.9 Å². The standard InChI is InChI=1S/C18H21ClN2OS/c1-10-7-15(17(19)14-5-6-16(22)20-18(10)14)23-13-8-11-3-4-12(9-13)21(11)2/h5-7,11-13H,3-4,8-9H2,1-2H3,(H,20,22). The van der Waals surface area contributed by atoms with Crippen LogP contribution in [0, 0.1) is 6.92 Å². The molecule has 3 nitrogen and oxygen atoms in total. The first kappa shape index (κ1) is 15.6. The summed E-state index contributed by atoms with van der Waals surface area (Å²) >= 11 is 8.57. The van der Waals surface area contributed by atoms with Crippen LogP contribution in [0.3, 0.4) is 0 Å². The molecule has 0 spiro atoms.